The van der Waals surface area contributed by atoms with Gasteiger partial charge in [-0.25, -0.2) is 13.3 Å². The largest absolute Gasteiger partial charge is 0.748 e. The molecule has 5 nitrogen and oxygen atoms in total. The summed E-state index contributed by atoms with van der Waals surface area (Å²) in [6, 6.07) is 0. The molecule has 0 aromatic carbocycles. The van der Waals surface area contributed by atoms with E-state index in [9.17, 15) is 52.5 Å². The van der Waals surface area contributed by atoms with Crippen molar-refractivity contribution in [1.29, 1.82) is 0 Å². The lowest BCUT2D eigenvalue weighted by atomic mass is 10.0. The summed E-state index contributed by atoms with van der Waals surface area (Å²) in [5, 5.41) is 0. The zero-order valence-electron chi connectivity index (χ0n) is 14.0. The Kier molecular flexibility index (Phi) is 7.21. The molecule has 0 aromatic heterocycles. The maximum absolute atomic E-state index is 13.5. The van der Waals surface area contributed by atoms with Crippen LogP contribution in [0.15, 0.2) is 12.4 Å². The fourth-order valence-electron chi connectivity index (χ4n) is 2.22. The molecule has 15 heteroatoms. The van der Waals surface area contributed by atoms with Gasteiger partial charge in [0.2, 0.25) is 6.20 Å². The molecule has 0 saturated heterocycles. The van der Waals surface area contributed by atoms with Gasteiger partial charge >= 0.3 is 30.3 Å². The van der Waals surface area contributed by atoms with Crippen molar-refractivity contribution in [1.82, 2.24) is 0 Å². The average Bonchev–Trinajstić information content (AvgIpc) is 2.95. The molecular weight excluding hydrogens is 435 g/mol. The first-order valence-corrected chi connectivity index (χ1v) is 9.27. The molecule has 1 heterocycles. The number of quaternary nitrogens is 1. The van der Waals surface area contributed by atoms with E-state index in [4.69, 9.17) is 0 Å². The third-order valence-electron chi connectivity index (χ3n) is 3.81. The fourth-order valence-corrected chi connectivity index (χ4v) is 2.77. The van der Waals surface area contributed by atoms with Gasteiger partial charge in [-0.05, 0) is 6.42 Å². The van der Waals surface area contributed by atoms with Gasteiger partial charge in [0, 0.05) is 12.2 Å². The second-order valence-corrected chi connectivity index (χ2v) is 7.60. The number of nitrogens with one attached hydrogen (secondary N) is 1. The van der Waals surface area contributed by atoms with Crippen LogP contribution in [0.2, 0.25) is 0 Å². The van der Waals surface area contributed by atoms with E-state index in [0.29, 0.717) is 0 Å². The van der Waals surface area contributed by atoms with Crippen LogP contribution in [0, 0.1) is 0 Å². The Bertz CT molecular complexity index is 717. The van der Waals surface area contributed by atoms with Crippen molar-refractivity contribution in [3.8, 4) is 0 Å². The van der Waals surface area contributed by atoms with E-state index < -0.39 is 52.8 Å². The SMILES string of the molecule is O=S(=O)([O-])CCCC[N+]1=C[NH+](CCC(F)(F)C(F)(F)C(F)(F)C(F)(F)F)C=C1. The number of unbranched alkanes of at least 4 members (excludes halogenated alkanes) is 1. The lowest BCUT2D eigenvalue weighted by Crippen LogP contribution is -3.06. The van der Waals surface area contributed by atoms with Gasteiger partial charge in [0.05, 0.1) is 23.1 Å². The Hall–Kier alpha value is -1.35. The molecule has 0 radical (unpaired) electrons. The lowest BCUT2D eigenvalue weighted by Gasteiger charge is -2.33. The smallest absolute Gasteiger partial charge is 0.460 e. The molecule has 1 aliphatic rings. The third-order valence-corrected chi connectivity index (χ3v) is 4.60. The van der Waals surface area contributed by atoms with Gasteiger partial charge in [0.1, 0.15) is 0 Å². The van der Waals surface area contributed by atoms with Crippen molar-refractivity contribution in [2.45, 2.75) is 43.2 Å². The highest BCUT2D eigenvalue weighted by Crippen LogP contribution is 2.53. The van der Waals surface area contributed by atoms with Crippen LogP contribution in [-0.2, 0) is 10.1 Å². The molecule has 0 aliphatic carbocycles. The molecule has 0 fully saturated rings. The van der Waals surface area contributed by atoms with Crippen molar-refractivity contribution in [2.75, 3.05) is 18.8 Å². The highest BCUT2D eigenvalue weighted by Gasteiger charge is 2.81. The molecule has 1 aliphatic heterocycles. The Labute approximate surface area is 153 Å². The topological polar surface area (TPSA) is 64.7 Å². The highest BCUT2D eigenvalue weighted by molar-refractivity contribution is 7.85. The quantitative estimate of drug-likeness (QED) is 0.238. The third kappa shape index (κ3) is 5.83. The molecule has 1 atom stereocenters. The van der Waals surface area contributed by atoms with Crippen LogP contribution in [0.3, 0.4) is 0 Å². The predicted molar refractivity (Wildman–Crippen MR) is 75.5 cm³/mol. The van der Waals surface area contributed by atoms with Gasteiger partial charge in [-0.1, -0.05) is 0 Å². The first-order chi connectivity index (χ1) is 12.4. The first kappa shape index (κ1) is 24.7. The number of hydrogen-bond donors (Lipinski definition) is 1. The molecule has 164 valence electrons. The van der Waals surface area contributed by atoms with E-state index in [1.54, 1.807) is 0 Å². The van der Waals surface area contributed by atoms with Gasteiger partial charge in [-0.2, -0.15) is 44.1 Å². The van der Waals surface area contributed by atoms with Crippen LogP contribution < -0.4 is 4.90 Å². The molecule has 0 aromatic rings. The molecule has 28 heavy (non-hydrogen) atoms. The lowest BCUT2D eigenvalue weighted by molar-refractivity contribution is -0.751. The summed E-state index contributed by atoms with van der Waals surface area (Å²) in [5.41, 5.74) is 0. The Morgan fingerprint density at radius 3 is 2.00 bits per heavy atom. The van der Waals surface area contributed by atoms with Crippen molar-refractivity contribution in [2.24, 2.45) is 0 Å². The average molecular weight is 451 g/mol. The van der Waals surface area contributed by atoms with E-state index >= 15 is 0 Å². The van der Waals surface area contributed by atoms with Crippen LogP contribution in [0.5, 0.6) is 0 Å². The van der Waals surface area contributed by atoms with Crippen molar-refractivity contribution >= 4 is 16.5 Å². The Morgan fingerprint density at radius 1 is 0.929 bits per heavy atom. The van der Waals surface area contributed by atoms with Crippen LogP contribution >= 0.6 is 0 Å². The summed E-state index contributed by atoms with van der Waals surface area (Å²) in [5.74, 6) is -19.8. The van der Waals surface area contributed by atoms with Crippen LogP contribution in [0.4, 0.5) is 39.5 Å². The van der Waals surface area contributed by atoms with E-state index in [1.165, 1.54) is 23.3 Å². The van der Waals surface area contributed by atoms with E-state index in [1.807, 2.05) is 0 Å². The normalized spacial score (nSPS) is 19.2. The number of rotatable bonds is 10. The molecule has 0 bridgehead atoms. The van der Waals surface area contributed by atoms with Crippen molar-refractivity contribution in [3.63, 3.8) is 0 Å². The number of nitrogens with zero attached hydrogens (tertiary/aromatic N) is 1. The van der Waals surface area contributed by atoms with E-state index in [2.05, 4.69) is 0 Å². The van der Waals surface area contributed by atoms with E-state index in [-0.39, 0.29) is 24.3 Å². The summed E-state index contributed by atoms with van der Waals surface area (Å²) in [6.45, 7) is -0.757. The second-order valence-electron chi connectivity index (χ2n) is 6.08. The zero-order chi connectivity index (χ0) is 22.0. The minimum atomic E-state index is -6.91. The number of hydrogen-bond acceptors (Lipinski definition) is 3. The van der Waals surface area contributed by atoms with Crippen LogP contribution in [0.1, 0.15) is 19.3 Å². The molecular formula is C13H16F9N2O3S+. The minimum Gasteiger partial charge on any atom is -0.748 e. The van der Waals surface area contributed by atoms with Crippen molar-refractivity contribution in [3.05, 3.63) is 12.4 Å². The zero-order valence-corrected chi connectivity index (χ0v) is 14.8. The first-order valence-electron chi connectivity index (χ1n) is 7.69. The summed E-state index contributed by atoms with van der Waals surface area (Å²) in [4.78, 5) is -0.0257. The molecule has 0 saturated carbocycles. The van der Waals surface area contributed by atoms with Gasteiger partial charge < -0.3 is 4.55 Å². The molecule has 1 rings (SSSR count). The molecule has 0 spiro atoms. The predicted octanol–water partition coefficient (Wildman–Crippen LogP) is 1.58. The van der Waals surface area contributed by atoms with Gasteiger partial charge in [-0.15, -0.1) is 0 Å². The maximum atomic E-state index is 13.5. The molecule has 1 unspecified atom stereocenters. The minimum absolute atomic E-state index is 0.0101. The maximum Gasteiger partial charge on any atom is 0.460 e. The Morgan fingerprint density at radius 2 is 1.50 bits per heavy atom. The summed E-state index contributed by atoms with van der Waals surface area (Å²) in [6.07, 6.45) is -4.95. The standard InChI is InChI=1S/C13H15F9N2O3S/c14-10(15,11(16,17)12(18,19)13(20,21)22)3-5-24-7-6-23(9-24)4-1-2-8-28(25,26)27/h6-7,9H,1-5,8H2/p+1. The van der Waals surface area contributed by atoms with Crippen LogP contribution in [0.25, 0.3) is 0 Å². The monoisotopic (exact) mass is 451 g/mol. The second kappa shape index (κ2) is 8.18. The van der Waals surface area contributed by atoms with Gasteiger partial charge in [0.15, 0.2) is 12.7 Å². The van der Waals surface area contributed by atoms with Crippen LogP contribution in [-0.4, -0.2) is 66.7 Å². The highest BCUT2D eigenvalue weighted by atomic mass is 32.2. The molecule has 0 amide bonds. The summed E-state index contributed by atoms with van der Waals surface area (Å²) in [7, 11) is -4.39. The molecule has 1 N–H and O–H groups in total. The fraction of sp³-hybridized carbons (Fsp3) is 0.769. The Balaban J connectivity index is 2.64. The van der Waals surface area contributed by atoms with Gasteiger partial charge in [-0.3, -0.25) is 0 Å². The summed E-state index contributed by atoms with van der Waals surface area (Å²) < 4.78 is 147. The summed E-state index contributed by atoms with van der Waals surface area (Å²) >= 11 is 0. The number of halogens is 9. The van der Waals surface area contributed by atoms with E-state index in [0.717, 1.165) is 0 Å². The van der Waals surface area contributed by atoms with Crippen molar-refractivity contribution < 1.29 is 62.0 Å². The number of alkyl halides is 9. The van der Waals surface area contributed by atoms with Gasteiger partial charge in [0.25, 0.3) is 0 Å².